The van der Waals surface area contributed by atoms with Gasteiger partial charge in [-0.2, -0.15) is 0 Å². The lowest BCUT2D eigenvalue weighted by atomic mass is 9.96. The molecular formula is C14H26N2O3. The summed E-state index contributed by atoms with van der Waals surface area (Å²) < 4.78 is 0. The van der Waals surface area contributed by atoms with Gasteiger partial charge in [0.1, 0.15) is 5.54 Å². The van der Waals surface area contributed by atoms with E-state index >= 15 is 0 Å². The topological polar surface area (TPSA) is 69.6 Å². The molecule has 0 saturated carbocycles. The predicted octanol–water partition coefficient (Wildman–Crippen LogP) is 1.48. The van der Waals surface area contributed by atoms with Crippen LogP contribution in [0, 0.1) is 5.92 Å². The molecular weight excluding hydrogens is 244 g/mol. The smallest absolute Gasteiger partial charge is 0.323 e. The third-order valence-corrected chi connectivity index (χ3v) is 3.86. The molecule has 19 heavy (non-hydrogen) atoms. The number of carbonyl (C=O) groups excluding carboxylic acids is 1. The fourth-order valence-electron chi connectivity index (χ4n) is 2.57. The van der Waals surface area contributed by atoms with Crippen molar-refractivity contribution in [3.63, 3.8) is 0 Å². The van der Waals surface area contributed by atoms with E-state index in [9.17, 15) is 14.7 Å². The molecule has 0 spiro atoms. The highest BCUT2D eigenvalue weighted by atomic mass is 16.4. The highest BCUT2D eigenvalue weighted by molar-refractivity contribution is 5.82. The first kappa shape index (κ1) is 16.0. The molecule has 1 rings (SSSR count). The van der Waals surface area contributed by atoms with Crippen molar-refractivity contribution in [1.82, 2.24) is 10.2 Å². The van der Waals surface area contributed by atoms with Crippen LogP contribution in [0.25, 0.3) is 0 Å². The molecule has 1 saturated heterocycles. The molecule has 2 atom stereocenters. The second kappa shape index (κ2) is 6.89. The maximum absolute atomic E-state index is 12.1. The monoisotopic (exact) mass is 270 g/mol. The predicted molar refractivity (Wildman–Crippen MR) is 73.9 cm³/mol. The van der Waals surface area contributed by atoms with Crippen molar-refractivity contribution in [2.24, 2.45) is 5.92 Å². The summed E-state index contributed by atoms with van der Waals surface area (Å²) >= 11 is 0. The van der Waals surface area contributed by atoms with Crippen molar-refractivity contribution in [3.8, 4) is 0 Å². The number of amides is 1. The Hall–Kier alpha value is -1.10. The summed E-state index contributed by atoms with van der Waals surface area (Å²) in [5.74, 6) is -0.344. The van der Waals surface area contributed by atoms with Gasteiger partial charge < -0.3 is 10.0 Å². The average Bonchev–Trinajstić information content (AvgIpc) is 2.36. The Balaban J connectivity index is 2.50. The van der Waals surface area contributed by atoms with Gasteiger partial charge in [-0.1, -0.05) is 20.3 Å². The van der Waals surface area contributed by atoms with Gasteiger partial charge >= 0.3 is 5.97 Å². The molecule has 1 aliphatic heterocycles. The second-order valence-electron chi connectivity index (χ2n) is 5.83. The van der Waals surface area contributed by atoms with Gasteiger partial charge in [-0.25, -0.2) is 0 Å². The Bertz CT molecular complexity index is 333. The number of likely N-dealkylation sites (tertiary alicyclic amines) is 1. The lowest BCUT2D eigenvalue weighted by molar-refractivity contribution is -0.145. The number of nitrogens with one attached hydrogen (secondary N) is 1. The Kier molecular flexibility index (Phi) is 5.79. The molecule has 0 aromatic carbocycles. The summed E-state index contributed by atoms with van der Waals surface area (Å²) in [4.78, 5) is 25.2. The molecule has 110 valence electrons. The highest BCUT2D eigenvalue weighted by Crippen LogP contribution is 2.16. The number of carboxylic acids is 1. The Labute approximate surface area is 115 Å². The van der Waals surface area contributed by atoms with E-state index in [0.717, 1.165) is 25.9 Å². The van der Waals surface area contributed by atoms with Gasteiger partial charge in [0, 0.05) is 13.1 Å². The van der Waals surface area contributed by atoms with Crippen LogP contribution in [0.2, 0.25) is 0 Å². The van der Waals surface area contributed by atoms with E-state index in [2.05, 4.69) is 12.2 Å². The first-order valence-electron chi connectivity index (χ1n) is 7.15. The molecule has 0 radical (unpaired) electrons. The fraction of sp³-hybridized carbons (Fsp3) is 0.857. The summed E-state index contributed by atoms with van der Waals surface area (Å²) in [6.45, 7) is 7.42. The van der Waals surface area contributed by atoms with Crippen LogP contribution < -0.4 is 5.32 Å². The van der Waals surface area contributed by atoms with E-state index in [0.29, 0.717) is 12.3 Å². The van der Waals surface area contributed by atoms with Crippen LogP contribution in [0.5, 0.6) is 0 Å². The Morgan fingerprint density at radius 2 is 2.16 bits per heavy atom. The number of carbonyl (C=O) groups is 2. The van der Waals surface area contributed by atoms with Crippen molar-refractivity contribution < 1.29 is 14.7 Å². The minimum absolute atomic E-state index is 0.00938. The number of piperidine rings is 1. The molecule has 1 fully saturated rings. The van der Waals surface area contributed by atoms with Crippen LogP contribution in [0.3, 0.4) is 0 Å². The van der Waals surface area contributed by atoms with Crippen LogP contribution in [-0.4, -0.2) is 47.1 Å². The lowest BCUT2D eigenvalue weighted by Crippen LogP contribution is -2.53. The molecule has 0 aliphatic carbocycles. The van der Waals surface area contributed by atoms with Crippen molar-refractivity contribution in [1.29, 1.82) is 0 Å². The summed E-state index contributed by atoms with van der Waals surface area (Å²) in [5, 5.41) is 12.2. The highest BCUT2D eigenvalue weighted by Gasteiger charge is 2.32. The van der Waals surface area contributed by atoms with Gasteiger partial charge in [-0.3, -0.25) is 14.9 Å². The molecule has 1 amide bonds. The summed E-state index contributed by atoms with van der Waals surface area (Å²) in [5.41, 5.74) is -1.01. The van der Waals surface area contributed by atoms with Crippen LogP contribution >= 0.6 is 0 Å². The number of nitrogens with zero attached hydrogens (tertiary/aromatic N) is 1. The zero-order valence-corrected chi connectivity index (χ0v) is 12.2. The zero-order valence-electron chi connectivity index (χ0n) is 12.2. The van der Waals surface area contributed by atoms with Gasteiger partial charge in [0.25, 0.3) is 0 Å². The van der Waals surface area contributed by atoms with E-state index in [1.165, 1.54) is 6.42 Å². The van der Waals surface area contributed by atoms with Crippen LogP contribution in [0.1, 0.15) is 46.5 Å². The average molecular weight is 270 g/mol. The van der Waals surface area contributed by atoms with Gasteiger partial charge in [0.05, 0.1) is 6.54 Å². The molecule has 1 heterocycles. The normalized spacial score (nSPS) is 22.9. The SMILES string of the molecule is CCCC(C)(NCC(=O)N1CCCC(C)C1)C(=O)O. The number of aliphatic carboxylic acids is 1. The number of hydrogen-bond acceptors (Lipinski definition) is 3. The molecule has 2 unspecified atom stereocenters. The molecule has 0 aromatic rings. The Morgan fingerprint density at radius 3 is 2.68 bits per heavy atom. The molecule has 5 nitrogen and oxygen atoms in total. The maximum Gasteiger partial charge on any atom is 0.323 e. The summed E-state index contributed by atoms with van der Waals surface area (Å²) in [7, 11) is 0. The number of rotatable bonds is 6. The Morgan fingerprint density at radius 1 is 1.47 bits per heavy atom. The largest absolute Gasteiger partial charge is 0.480 e. The third kappa shape index (κ3) is 4.49. The molecule has 5 heteroatoms. The first-order valence-corrected chi connectivity index (χ1v) is 7.15. The molecule has 0 aromatic heterocycles. The third-order valence-electron chi connectivity index (χ3n) is 3.86. The van der Waals surface area contributed by atoms with E-state index in [4.69, 9.17) is 0 Å². The van der Waals surface area contributed by atoms with E-state index in [1.807, 2.05) is 11.8 Å². The second-order valence-corrected chi connectivity index (χ2v) is 5.83. The van der Waals surface area contributed by atoms with Crippen molar-refractivity contribution in [3.05, 3.63) is 0 Å². The molecule has 1 aliphatic rings. The quantitative estimate of drug-likeness (QED) is 0.767. The van der Waals surface area contributed by atoms with Crippen LogP contribution in [0.4, 0.5) is 0 Å². The number of carboxylic acid groups (broad SMARTS) is 1. The standard InChI is InChI=1S/C14H26N2O3/c1-4-7-14(3,13(18)19)15-9-12(17)16-8-5-6-11(2)10-16/h11,15H,4-10H2,1-3H3,(H,18,19). The van der Waals surface area contributed by atoms with E-state index in [-0.39, 0.29) is 12.5 Å². The van der Waals surface area contributed by atoms with E-state index < -0.39 is 11.5 Å². The van der Waals surface area contributed by atoms with Gasteiger partial charge in [-0.15, -0.1) is 0 Å². The fourth-order valence-corrected chi connectivity index (χ4v) is 2.57. The van der Waals surface area contributed by atoms with Gasteiger partial charge in [0.15, 0.2) is 0 Å². The van der Waals surface area contributed by atoms with Crippen LogP contribution in [0.15, 0.2) is 0 Å². The minimum atomic E-state index is -1.01. The molecule has 2 N–H and O–H groups in total. The van der Waals surface area contributed by atoms with Gasteiger partial charge in [-0.05, 0) is 32.1 Å². The summed E-state index contributed by atoms with van der Waals surface area (Å²) in [6, 6.07) is 0. The first-order chi connectivity index (χ1) is 8.89. The zero-order chi connectivity index (χ0) is 14.5. The number of hydrogen-bond donors (Lipinski definition) is 2. The molecule has 0 bridgehead atoms. The van der Waals surface area contributed by atoms with Crippen LogP contribution in [-0.2, 0) is 9.59 Å². The van der Waals surface area contributed by atoms with Crippen molar-refractivity contribution in [2.75, 3.05) is 19.6 Å². The van der Waals surface area contributed by atoms with Crippen molar-refractivity contribution in [2.45, 2.75) is 52.0 Å². The maximum atomic E-state index is 12.1. The van der Waals surface area contributed by atoms with E-state index in [1.54, 1.807) is 6.92 Å². The lowest BCUT2D eigenvalue weighted by Gasteiger charge is -2.32. The minimum Gasteiger partial charge on any atom is -0.480 e. The summed E-state index contributed by atoms with van der Waals surface area (Å²) in [6.07, 6.45) is 3.49. The van der Waals surface area contributed by atoms with Crippen molar-refractivity contribution >= 4 is 11.9 Å². The van der Waals surface area contributed by atoms with Gasteiger partial charge in [0.2, 0.25) is 5.91 Å².